The standard InChI is InChI=1S/C8H16N2O4/c1-5(11)4-10-7(12)3-6(9-2)8(13)14/h5-6,9,11H,3-4H2,1-2H3,(H,10,12)(H,13,14). The molecule has 2 atom stereocenters. The van der Waals surface area contributed by atoms with Crippen LogP contribution < -0.4 is 10.6 Å². The summed E-state index contributed by atoms with van der Waals surface area (Å²) in [5.41, 5.74) is 0. The molecule has 0 rings (SSSR count). The first-order valence-electron chi connectivity index (χ1n) is 4.32. The van der Waals surface area contributed by atoms with Gasteiger partial charge in [0.1, 0.15) is 6.04 Å². The molecule has 0 aromatic carbocycles. The van der Waals surface area contributed by atoms with Crippen molar-refractivity contribution < 1.29 is 19.8 Å². The zero-order valence-corrected chi connectivity index (χ0v) is 8.28. The minimum Gasteiger partial charge on any atom is -0.480 e. The van der Waals surface area contributed by atoms with Crippen LogP contribution >= 0.6 is 0 Å². The van der Waals surface area contributed by atoms with Gasteiger partial charge in [-0.15, -0.1) is 0 Å². The number of hydrogen-bond acceptors (Lipinski definition) is 4. The van der Waals surface area contributed by atoms with Crippen LogP contribution in [0.2, 0.25) is 0 Å². The lowest BCUT2D eigenvalue weighted by Crippen LogP contribution is -2.40. The molecule has 6 nitrogen and oxygen atoms in total. The van der Waals surface area contributed by atoms with Gasteiger partial charge in [0.15, 0.2) is 0 Å². The maximum absolute atomic E-state index is 11.1. The number of carboxylic acid groups (broad SMARTS) is 1. The van der Waals surface area contributed by atoms with Gasteiger partial charge in [0.2, 0.25) is 5.91 Å². The molecule has 0 fully saturated rings. The SMILES string of the molecule is CNC(CC(=O)NCC(C)O)C(=O)O. The van der Waals surface area contributed by atoms with E-state index in [1.54, 1.807) is 0 Å². The van der Waals surface area contributed by atoms with Crippen molar-refractivity contribution in [3.63, 3.8) is 0 Å². The molecule has 82 valence electrons. The van der Waals surface area contributed by atoms with Gasteiger partial charge >= 0.3 is 5.97 Å². The number of carboxylic acids is 1. The summed E-state index contributed by atoms with van der Waals surface area (Å²) in [6.07, 6.45) is -0.768. The second-order valence-corrected chi connectivity index (χ2v) is 3.04. The van der Waals surface area contributed by atoms with Crippen LogP contribution in [0.3, 0.4) is 0 Å². The Kier molecular flexibility index (Phi) is 5.82. The average molecular weight is 204 g/mol. The van der Waals surface area contributed by atoms with Gasteiger partial charge in [-0.25, -0.2) is 0 Å². The quantitative estimate of drug-likeness (QED) is 0.424. The summed E-state index contributed by atoms with van der Waals surface area (Å²) in [6, 6.07) is -0.885. The fraction of sp³-hybridized carbons (Fsp3) is 0.750. The molecule has 6 heteroatoms. The first-order valence-corrected chi connectivity index (χ1v) is 4.32. The molecule has 0 aromatic rings. The lowest BCUT2D eigenvalue weighted by Gasteiger charge is -2.11. The molecule has 0 heterocycles. The predicted octanol–water partition coefficient (Wildman–Crippen LogP) is -1.45. The number of carbonyl (C=O) groups is 2. The van der Waals surface area contributed by atoms with Gasteiger partial charge in [-0.05, 0) is 14.0 Å². The van der Waals surface area contributed by atoms with Crippen molar-refractivity contribution in [2.45, 2.75) is 25.5 Å². The Morgan fingerprint density at radius 1 is 1.43 bits per heavy atom. The number of aliphatic hydroxyl groups is 1. The van der Waals surface area contributed by atoms with Crippen LogP contribution in [0.15, 0.2) is 0 Å². The summed E-state index contributed by atoms with van der Waals surface area (Å²) in [5, 5.41) is 22.4. The summed E-state index contributed by atoms with van der Waals surface area (Å²) < 4.78 is 0. The molecule has 0 aliphatic carbocycles. The van der Waals surface area contributed by atoms with Gasteiger partial charge in [-0.3, -0.25) is 9.59 Å². The Morgan fingerprint density at radius 2 is 2.00 bits per heavy atom. The molecular formula is C8H16N2O4. The monoisotopic (exact) mass is 204 g/mol. The van der Waals surface area contributed by atoms with E-state index in [1.165, 1.54) is 14.0 Å². The Hall–Kier alpha value is -1.14. The molecule has 0 aliphatic heterocycles. The van der Waals surface area contributed by atoms with E-state index in [4.69, 9.17) is 10.2 Å². The molecule has 14 heavy (non-hydrogen) atoms. The van der Waals surface area contributed by atoms with Crippen LogP contribution in [0.1, 0.15) is 13.3 Å². The maximum Gasteiger partial charge on any atom is 0.321 e. The van der Waals surface area contributed by atoms with Crippen LogP contribution in [-0.2, 0) is 9.59 Å². The summed E-state index contributed by atoms with van der Waals surface area (Å²) >= 11 is 0. The lowest BCUT2D eigenvalue weighted by molar-refractivity contribution is -0.141. The molecule has 0 bridgehead atoms. The Balaban J connectivity index is 3.85. The van der Waals surface area contributed by atoms with Gasteiger partial charge in [-0.2, -0.15) is 0 Å². The van der Waals surface area contributed by atoms with Crippen molar-refractivity contribution in [1.29, 1.82) is 0 Å². The molecular weight excluding hydrogens is 188 g/mol. The maximum atomic E-state index is 11.1. The predicted molar refractivity (Wildman–Crippen MR) is 49.8 cm³/mol. The van der Waals surface area contributed by atoms with E-state index in [2.05, 4.69) is 10.6 Å². The third-order valence-corrected chi connectivity index (χ3v) is 1.63. The summed E-state index contributed by atoms with van der Waals surface area (Å²) in [7, 11) is 1.47. The average Bonchev–Trinajstić information content (AvgIpc) is 2.10. The zero-order valence-electron chi connectivity index (χ0n) is 8.28. The fourth-order valence-corrected chi connectivity index (χ4v) is 0.832. The highest BCUT2D eigenvalue weighted by Gasteiger charge is 2.18. The van der Waals surface area contributed by atoms with Gasteiger partial charge in [0.25, 0.3) is 0 Å². The third kappa shape index (κ3) is 5.50. The van der Waals surface area contributed by atoms with Crippen LogP contribution in [0.25, 0.3) is 0 Å². The number of amides is 1. The van der Waals surface area contributed by atoms with Crippen LogP contribution in [0.4, 0.5) is 0 Å². The second kappa shape index (κ2) is 6.33. The molecule has 0 radical (unpaired) electrons. The molecule has 0 aliphatic rings. The number of likely N-dealkylation sites (N-methyl/N-ethyl adjacent to an activating group) is 1. The van der Waals surface area contributed by atoms with Crippen LogP contribution in [0.5, 0.6) is 0 Å². The fourth-order valence-electron chi connectivity index (χ4n) is 0.832. The van der Waals surface area contributed by atoms with Crippen molar-refractivity contribution >= 4 is 11.9 Å². The van der Waals surface area contributed by atoms with Gasteiger partial charge in [-0.1, -0.05) is 0 Å². The second-order valence-electron chi connectivity index (χ2n) is 3.04. The molecule has 1 amide bonds. The van der Waals surface area contributed by atoms with Gasteiger partial charge < -0.3 is 20.8 Å². The molecule has 0 saturated heterocycles. The van der Waals surface area contributed by atoms with E-state index in [1.807, 2.05) is 0 Å². The summed E-state index contributed by atoms with van der Waals surface area (Å²) in [4.78, 5) is 21.6. The zero-order chi connectivity index (χ0) is 11.1. The van der Waals surface area contributed by atoms with E-state index in [0.717, 1.165) is 0 Å². The normalized spacial score (nSPS) is 14.5. The summed E-state index contributed by atoms with van der Waals surface area (Å²) in [6.45, 7) is 1.67. The minimum atomic E-state index is -1.07. The number of aliphatic carboxylic acids is 1. The topological polar surface area (TPSA) is 98.7 Å². The van der Waals surface area contributed by atoms with E-state index in [-0.39, 0.29) is 13.0 Å². The van der Waals surface area contributed by atoms with Gasteiger partial charge in [0, 0.05) is 6.54 Å². The Morgan fingerprint density at radius 3 is 2.36 bits per heavy atom. The molecule has 0 aromatic heterocycles. The van der Waals surface area contributed by atoms with E-state index in [9.17, 15) is 9.59 Å². The summed E-state index contributed by atoms with van der Waals surface area (Å²) in [5.74, 6) is -1.47. The number of nitrogens with one attached hydrogen (secondary N) is 2. The number of carbonyl (C=O) groups excluding carboxylic acids is 1. The van der Waals surface area contributed by atoms with E-state index in [0.29, 0.717) is 0 Å². The molecule has 2 unspecified atom stereocenters. The number of hydrogen-bond donors (Lipinski definition) is 4. The van der Waals surface area contributed by atoms with Crippen molar-refractivity contribution in [2.24, 2.45) is 0 Å². The Labute approximate surface area is 82.3 Å². The smallest absolute Gasteiger partial charge is 0.321 e. The first kappa shape index (κ1) is 12.9. The highest BCUT2D eigenvalue weighted by atomic mass is 16.4. The Bertz CT molecular complexity index is 206. The number of aliphatic hydroxyl groups excluding tert-OH is 1. The number of rotatable bonds is 6. The highest BCUT2D eigenvalue weighted by Crippen LogP contribution is 1.91. The van der Waals surface area contributed by atoms with Crippen LogP contribution in [-0.4, -0.2) is 47.8 Å². The minimum absolute atomic E-state index is 0.134. The van der Waals surface area contributed by atoms with Crippen LogP contribution in [0, 0.1) is 0 Å². The highest BCUT2D eigenvalue weighted by molar-refractivity contribution is 5.84. The lowest BCUT2D eigenvalue weighted by atomic mass is 10.2. The van der Waals surface area contributed by atoms with Crippen molar-refractivity contribution in [3.05, 3.63) is 0 Å². The van der Waals surface area contributed by atoms with E-state index < -0.39 is 24.0 Å². The van der Waals surface area contributed by atoms with Crippen molar-refractivity contribution in [1.82, 2.24) is 10.6 Å². The molecule has 0 saturated carbocycles. The van der Waals surface area contributed by atoms with E-state index >= 15 is 0 Å². The first-order chi connectivity index (χ1) is 6.47. The third-order valence-electron chi connectivity index (χ3n) is 1.63. The largest absolute Gasteiger partial charge is 0.480 e. The molecule has 4 N–H and O–H groups in total. The van der Waals surface area contributed by atoms with Crippen molar-refractivity contribution in [3.8, 4) is 0 Å². The molecule has 0 spiro atoms. The van der Waals surface area contributed by atoms with Gasteiger partial charge in [0.05, 0.1) is 12.5 Å². The van der Waals surface area contributed by atoms with Crippen molar-refractivity contribution in [2.75, 3.05) is 13.6 Å².